The van der Waals surface area contributed by atoms with Crippen molar-refractivity contribution in [3.05, 3.63) is 29.8 Å². The molecular formula is C14H18N4O4S2. The van der Waals surface area contributed by atoms with Gasteiger partial charge in [0.15, 0.2) is 0 Å². The largest absolute Gasteiger partial charge is 0.497 e. The minimum absolute atomic E-state index is 0.139. The van der Waals surface area contributed by atoms with Crippen molar-refractivity contribution in [3.8, 4) is 5.75 Å². The predicted octanol–water partition coefficient (Wildman–Crippen LogP) is 1.93. The molecule has 1 atom stereocenters. The summed E-state index contributed by atoms with van der Waals surface area (Å²) in [5.41, 5.74) is 0.813. The van der Waals surface area contributed by atoms with Crippen molar-refractivity contribution in [1.82, 2.24) is 14.9 Å². The van der Waals surface area contributed by atoms with E-state index in [2.05, 4.69) is 20.2 Å². The normalized spacial score (nSPS) is 12.6. The van der Waals surface area contributed by atoms with Gasteiger partial charge in [0.2, 0.25) is 15.4 Å². The van der Waals surface area contributed by atoms with E-state index in [4.69, 9.17) is 4.74 Å². The Morgan fingerprint density at radius 3 is 2.50 bits per heavy atom. The van der Waals surface area contributed by atoms with E-state index in [0.717, 1.165) is 16.9 Å². The Kier molecular flexibility index (Phi) is 5.86. The first-order valence-electron chi connectivity index (χ1n) is 7.13. The summed E-state index contributed by atoms with van der Waals surface area (Å²) in [6.07, 6.45) is 0.558. The summed E-state index contributed by atoms with van der Waals surface area (Å²) < 4.78 is 32.4. The van der Waals surface area contributed by atoms with Crippen LogP contribution in [0.25, 0.3) is 0 Å². The molecule has 1 aromatic heterocycles. The molecule has 2 aromatic rings. The average molecular weight is 370 g/mol. The van der Waals surface area contributed by atoms with Crippen LogP contribution in [0.3, 0.4) is 0 Å². The number of carbonyl (C=O) groups excluding carboxylic acids is 1. The Bertz CT molecular complexity index is 802. The quantitative estimate of drug-likeness (QED) is 0.721. The molecule has 130 valence electrons. The summed E-state index contributed by atoms with van der Waals surface area (Å²) in [7, 11) is -2.27. The number of benzene rings is 1. The SMILES string of the molecule is CC[C@@H](NS(=O)(=O)c1nnc(NC(C)=O)s1)c1ccc(OC)cc1. The molecule has 24 heavy (non-hydrogen) atoms. The standard InChI is InChI=1S/C14H18N4O4S2/c1-4-12(10-5-7-11(22-3)8-6-10)18-24(20,21)14-17-16-13(23-14)15-9(2)19/h5-8,12,18H,4H2,1-3H3,(H,15,16,19)/t12-/m1/s1. The topological polar surface area (TPSA) is 110 Å². The second-order valence-electron chi connectivity index (χ2n) is 4.91. The number of nitrogens with zero attached hydrogens (tertiary/aromatic N) is 2. The van der Waals surface area contributed by atoms with Gasteiger partial charge >= 0.3 is 0 Å². The van der Waals surface area contributed by atoms with Gasteiger partial charge in [-0.1, -0.05) is 30.4 Å². The molecule has 2 rings (SSSR count). The second-order valence-corrected chi connectivity index (χ2v) is 7.77. The van der Waals surface area contributed by atoms with Crippen LogP contribution >= 0.6 is 11.3 Å². The molecular weight excluding hydrogens is 352 g/mol. The van der Waals surface area contributed by atoms with Crippen molar-refractivity contribution in [3.63, 3.8) is 0 Å². The summed E-state index contributed by atoms with van der Waals surface area (Å²) in [6.45, 7) is 3.19. The molecule has 10 heteroatoms. The third-order valence-corrected chi connectivity index (χ3v) is 5.82. The van der Waals surface area contributed by atoms with Crippen molar-refractivity contribution in [1.29, 1.82) is 0 Å². The van der Waals surface area contributed by atoms with Crippen LogP contribution in [-0.4, -0.2) is 31.6 Å². The van der Waals surface area contributed by atoms with Gasteiger partial charge in [-0.05, 0) is 24.1 Å². The lowest BCUT2D eigenvalue weighted by Gasteiger charge is -2.16. The summed E-state index contributed by atoms with van der Waals surface area (Å²) in [5.74, 6) is 0.355. The van der Waals surface area contributed by atoms with Gasteiger partial charge < -0.3 is 10.1 Å². The minimum Gasteiger partial charge on any atom is -0.497 e. The van der Waals surface area contributed by atoms with Gasteiger partial charge in [0, 0.05) is 13.0 Å². The molecule has 8 nitrogen and oxygen atoms in total. The molecule has 0 aliphatic rings. The highest BCUT2D eigenvalue weighted by Gasteiger charge is 2.24. The number of ether oxygens (including phenoxy) is 1. The fourth-order valence-corrected chi connectivity index (χ4v) is 4.25. The zero-order valence-electron chi connectivity index (χ0n) is 13.4. The zero-order chi connectivity index (χ0) is 17.7. The fourth-order valence-electron chi connectivity index (χ4n) is 1.98. The number of methoxy groups -OCH3 is 1. The summed E-state index contributed by atoms with van der Waals surface area (Å²) in [6, 6.07) is 6.74. The van der Waals surface area contributed by atoms with Crippen LogP contribution in [0.5, 0.6) is 5.75 Å². The molecule has 1 aromatic carbocycles. The van der Waals surface area contributed by atoms with Crippen LogP contribution in [-0.2, 0) is 14.8 Å². The van der Waals surface area contributed by atoms with E-state index in [1.807, 2.05) is 6.92 Å². The maximum atomic E-state index is 12.5. The molecule has 1 heterocycles. The van der Waals surface area contributed by atoms with Gasteiger partial charge in [-0.15, -0.1) is 10.2 Å². The molecule has 0 saturated heterocycles. The lowest BCUT2D eigenvalue weighted by atomic mass is 10.1. The first-order chi connectivity index (χ1) is 11.4. The fraction of sp³-hybridized carbons (Fsp3) is 0.357. The molecule has 0 bridgehead atoms. The summed E-state index contributed by atoms with van der Waals surface area (Å²) in [4.78, 5) is 11.0. The van der Waals surface area contributed by atoms with Crippen molar-refractivity contribution < 1.29 is 17.9 Å². The van der Waals surface area contributed by atoms with Crippen molar-refractivity contribution in [2.45, 2.75) is 30.6 Å². The summed E-state index contributed by atoms with van der Waals surface area (Å²) >= 11 is 0.797. The first-order valence-corrected chi connectivity index (χ1v) is 9.43. The molecule has 2 N–H and O–H groups in total. The minimum atomic E-state index is -3.84. The Hall–Kier alpha value is -2.04. The Morgan fingerprint density at radius 1 is 1.29 bits per heavy atom. The van der Waals surface area contributed by atoms with E-state index in [-0.39, 0.29) is 15.4 Å². The number of hydrogen-bond acceptors (Lipinski definition) is 7. The van der Waals surface area contributed by atoms with E-state index in [0.29, 0.717) is 12.2 Å². The molecule has 0 saturated carbocycles. The van der Waals surface area contributed by atoms with Crippen LogP contribution < -0.4 is 14.8 Å². The second kappa shape index (κ2) is 7.69. The van der Waals surface area contributed by atoms with Crippen LogP contribution in [0.4, 0.5) is 5.13 Å². The van der Waals surface area contributed by atoms with Crippen LogP contribution in [0, 0.1) is 0 Å². The molecule has 0 radical (unpaired) electrons. The van der Waals surface area contributed by atoms with E-state index in [1.54, 1.807) is 31.4 Å². The Balaban J connectivity index is 2.18. The highest BCUT2D eigenvalue weighted by molar-refractivity contribution is 7.91. The lowest BCUT2D eigenvalue weighted by Crippen LogP contribution is -2.28. The number of hydrogen-bond donors (Lipinski definition) is 2. The number of sulfonamides is 1. The van der Waals surface area contributed by atoms with E-state index in [9.17, 15) is 13.2 Å². The van der Waals surface area contributed by atoms with Crippen molar-refractivity contribution >= 4 is 32.4 Å². The van der Waals surface area contributed by atoms with E-state index in [1.165, 1.54) is 6.92 Å². The van der Waals surface area contributed by atoms with E-state index < -0.39 is 16.1 Å². The number of carbonyl (C=O) groups is 1. The average Bonchev–Trinajstić information content (AvgIpc) is 3.01. The van der Waals surface area contributed by atoms with Gasteiger partial charge in [-0.3, -0.25) is 4.79 Å². The highest BCUT2D eigenvalue weighted by atomic mass is 32.2. The van der Waals surface area contributed by atoms with Gasteiger partial charge in [-0.25, -0.2) is 13.1 Å². The van der Waals surface area contributed by atoms with Crippen molar-refractivity contribution in [2.75, 3.05) is 12.4 Å². The number of nitrogens with one attached hydrogen (secondary N) is 2. The molecule has 0 unspecified atom stereocenters. The molecule has 0 aliphatic heterocycles. The molecule has 0 aliphatic carbocycles. The predicted molar refractivity (Wildman–Crippen MR) is 90.6 cm³/mol. The monoisotopic (exact) mass is 370 g/mol. The molecule has 0 fully saturated rings. The number of amides is 1. The third kappa shape index (κ3) is 4.49. The van der Waals surface area contributed by atoms with Crippen LogP contribution in [0.15, 0.2) is 28.6 Å². The van der Waals surface area contributed by atoms with Gasteiger partial charge in [-0.2, -0.15) is 0 Å². The van der Waals surface area contributed by atoms with Crippen molar-refractivity contribution in [2.24, 2.45) is 0 Å². The van der Waals surface area contributed by atoms with Gasteiger partial charge in [0.25, 0.3) is 10.0 Å². The molecule has 0 spiro atoms. The number of rotatable bonds is 7. The Labute approximate surface area is 144 Å². The van der Waals surface area contributed by atoms with E-state index >= 15 is 0 Å². The van der Waals surface area contributed by atoms with Gasteiger partial charge in [0.1, 0.15) is 5.75 Å². The number of anilines is 1. The lowest BCUT2D eigenvalue weighted by molar-refractivity contribution is -0.114. The summed E-state index contributed by atoms with van der Waals surface area (Å²) in [5, 5.41) is 9.83. The number of aromatic nitrogens is 2. The first kappa shape index (κ1) is 18.3. The maximum absolute atomic E-state index is 12.5. The Morgan fingerprint density at radius 2 is 1.96 bits per heavy atom. The zero-order valence-corrected chi connectivity index (χ0v) is 15.1. The van der Waals surface area contributed by atoms with Crippen LogP contribution in [0.2, 0.25) is 0 Å². The van der Waals surface area contributed by atoms with Gasteiger partial charge in [0.05, 0.1) is 7.11 Å². The molecule has 1 amide bonds. The smallest absolute Gasteiger partial charge is 0.270 e. The highest BCUT2D eigenvalue weighted by Crippen LogP contribution is 2.25. The van der Waals surface area contributed by atoms with Crippen LogP contribution in [0.1, 0.15) is 31.9 Å². The third-order valence-electron chi connectivity index (χ3n) is 3.14. The maximum Gasteiger partial charge on any atom is 0.270 e.